The average molecular weight is 594 g/mol. The van der Waals surface area contributed by atoms with Gasteiger partial charge in [-0.3, -0.25) is 19.4 Å². The smallest absolute Gasteiger partial charge is 0.250 e. The van der Waals surface area contributed by atoms with Crippen molar-refractivity contribution in [3.8, 4) is 5.75 Å². The van der Waals surface area contributed by atoms with Crippen LogP contribution >= 0.6 is 0 Å². The van der Waals surface area contributed by atoms with E-state index in [2.05, 4.69) is 15.6 Å². The first-order valence-electron chi connectivity index (χ1n) is 14.7. The molecule has 3 amide bonds. The van der Waals surface area contributed by atoms with E-state index in [0.717, 1.165) is 28.0 Å². The molecule has 228 valence electrons. The first kappa shape index (κ1) is 31.9. The van der Waals surface area contributed by atoms with Crippen LogP contribution < -0.4 is 26.8 Å². The molecule has 0 fully saturated rings. The SMILES string of the molecule is CCOc1ccc(C[C@@H](C(=O)N[C@@H](Cc2ccccc2)C(=O)NCc2ccc(CN)cc2)c2ccc(C(N)=O)c(C)n2)cc1. The average Bonchev–Trinajstić information content (AvgIpc) is 3.03. The van der Waals surface area contributed by atoms with E-state index in [1.165, 1.54) is 0 Å². The van der Waals surface area contributed by atoms with Crippen LogP contribution in [0.2, 0.25) is 0 Å². The number of pyridine rings is 1. The predicted octanol–water partition coefficient (Wildman–Crippen LogP) is 3.72. The van der Waals surface area contributed by atoms with Crippen molar-refractivity contribution in [2.75, 3.05) is 6.61 Å². The number of nitrogens with one attached hydrogen (secondary N) is 2. The number of nitrogens with two attached hydrogens (primary N) is 2. The molecule has 0 saturated carbocycles. The number of nitrogens with zero attached hydrogens (tertiary/aromatic N) is 1. The topological polar surface area (TPSA) is 149 Å². The number of amides is 3. The zero-order valence-electron chi connectivity index (χ0n) is 25.1. The van der Waals surface area contributed by atoms with Crippen LogP contribution in [0.5, 0.6) is 5.75 Å². The fourth-order valence-electron chi connectivity index (χ4n) is 4.93. The quantitative estimate of drug-likeness (QED) is 0.175. The van der Waals surface area contributed by atoms with E-state index in [1.807, 2.05) is 85.8 Å². The number of hydrogen-bond acceptors (Lipinski definition) is 6. The molecule has 0 aliphatic carbocycles. The molecule has 3 aromatic carbocycles. The molecule has 44 heavy (non-hydrogen) atoms. The Balaban J connectivity index is 1.60. The summed E-state index contributed by atoms with van der Waals surface area (Å²) >= 11 is 0. The molecule has 0 bridgehead atoms. The van der Waals surface area contributed by atoms with Gasteiger partial charge in [-0.25, -0.2) is 0 Å². The molecule has 0 radical (unpaired) electrons. The second-order valence-electron chi connectivity index (χ2n) is 10.6. The lowest BCUT2D eigenvalue weighted by Gasteiger charge is -2.23. The highest BCUT2D eigenvalue weighted by atomic mass is 16.5. The highest BCUT2D eigenvalue weighted by Gasteiger charge is 2.29. The molecular weight excluding hydrogens is 554 g/mol. The Hall–Kier alpha value is -5.02. The van der Waals surface area contributed by atoms with Crippen molar-refractivity contribution in [2.24, 2.45) is 11.5 Å². The Morgan fingerprint density at radius 3 is 2.05 bits per heavy atom. The van der Waals surface area contributed by atoms with E-state index in [1.54, 1.807) is 19.1 Å². The van der Waals surface area contributed by atoms with Crippen LogP contribution in [0.3, 0.4) is 0 Å². The Morgan fingerprint density at radius 1 is 0.795 bits per heavy atom. The van der Waals surface area contributed by atoms with Crippen LogP contribution in [-0.2, 0) is 35.5 Å². The van der Waals surface area contributed by atoms with Gasteiger partial charge in [0.1, 0.15) is 11.8 Å². The minimum absolute atomic E-state index is 0.287. The fourth-order valence-corrected chi connectivity index (χ4v) is 4.93. The summed E-state index contributed by atoms with van der Waals surface area (Å²) in [4.78, 5) is 44.0. The number of carbonyl (C=O) groups excluding carboxylic acids is 3. The van der Waals surface area contributed by atoms with Gasteiger partial charge >= 0.3 is 0 Å². The molecule has 1 aromatic heterocycles. The van der Waals surface area contributed by atoms with Crippen molar-refractivity contribution in [2.45, 2.75) is 51.7 Å². The lowest BCUT2D eigenvalue weighted by Crippen LogP contribution is -2.49. The molecule has 9 heteroatoms. The van der Waals surface area contributed by atoms with Crippen molar-refractivity contribution in [1.82, 2.24) is 15.6 Å². The lowest BCUT2D eigenvalue weighted by molar-refractivity contribution is -0.129. The first-order valence-corrected chi connectivity index (χ1v) is 14.7. The maximum atomic E-state index is 14.0. The molecular formula is C35H39N5O4. The third kappa shape index (κ3) is 8.75. The summed E-state index contributed by atoms with van der Waals surface area (Å²) < 4.78 is 5.57. The maximum Gasteiger partial charge on any atom is 0.250 e. The highest BCUT2D eigenvalue weighted by Crippen LogP contribution is 2.24. The zero-order valence-corrected chi connectivity index (χ0v) is 25.1. The second-order valence-corrected chi connectivity index (χ2v) is 10.6. The molecule has 9 nitrogen and oxygen atoms in total. The van der Waals surface area contributed by atoms with Crippen molar-refractivity contribution in [1.29, 1.82) is 0 Å². The molecule has 1 heterocycles. The molecule has 0 unspecified atom stereocenters. The van der Waals surface area contributed by atoms with E-state index in [9.17, 15) is 14.4 Å². The number of ether oxygens (including phenoxy) is 1. The monoisotopic (exact) mass is 593 g/mol. The second kappa shape index (κ2) is 15.5. The molecule has 6 N–H and O–H groups in total. The fraction of sp³-hybridized carbons (Fsp3) is 0.257. The van der Waals surface area contributed by atoms with E-state index >= 15 is 0 Å². The predicted molar refractivity (Wildman–Crippen MR) is 170 cm³/mol. The summed E-state index contributed by atoms with van der Waals surface area (Å²) in [5.41, 5.74) is 16.1. The van der Waals surface area contributed by atoms with E-state index in [4.69, 9.17) is 16.2 Å². The maximum absolute atomic E-state index is 14.0. The molecule has 4 rings (SSSR count). The summed E-state index contributed by atoms with van der Waals surface area (Å²) in [7, 11) is 0. The third-order valence-corrected chi connectivity index (χ3v) is 7.36. The number of aromatic nitrogens is 1. The molecule has 2 atom stereocenters. The third-order valence-electron chi connectivity index (χ3n) is 7.36. The summed E-state index contributed by atoms with van der Waals surface area (Å²) in [5.74, 6) is -1.27. The standard InChI is InChI=1S/C35H39N5O4/c1-3-44-28-15-13-25(14-16-28)19-30(31-18-17-29(33(37)41)23(2)39-31)34(42)40-32(20-24-7-5-4-6-8-24)35(43)38-22-27-11-9-26(21-36)10-12-27/h4-18,30,32H,3,19-22,36H2,1-2H3,(H2,37,41)(H,38,43)(H,40,42)/t30-,32+/m1/s1. The van der Waals surface area contributed by atoms with E-state index in [0.29, 0.717) is 43.9 Å². The van der Waals surface area contributed by atoms with Crippen LogP contribution in [0.4, 0.5) is 0 Å². The van der Waals surface area contributed by atoms with Gasteiger partial charge in [-0.2, -0.15) is 0 Å². The first-order chi connectivity index (χ1) is 21.3. The van der Waals surface area contributed by atoms with Gasteiger partial charge in [-0.15, -0.1) is 0 Å². The number of carbonyl (C=O) groups is 3. The zero-order chi connectivity index (χ0) is 31.5. The highest BCUT2D eigenvalue weighted by molar-refractivity contribution is 5.94. The summed E-state index contributed by atoms with van der Waals surface area (Å²) in [6.07, 6.45) is 0.612. The van der Waals surface area contributed by atoms with Crippen molar-refractivity contribution in [3.63, 3.8) is 0 Å². The Morgan fingerprint density at radius 2 is 1.43 bits per heavy atom. The summed E-state index contributed by atoms with van der Waals surface area (Å²) in [6.45, 7) is 4.88. The molecule has 0 saturated heterocycles. The minimum atomic E-state index is -0.845. The lowest BCUT2D eigenvalue weighted by atomic mass is 9.93. The van der Waals surface area contributed by atoms with E-state index < -0.39 is 17.9 Å². The van der Waals surface area contributed by atoms with Crippen molar-refractivity contribution < 1.29 is 19.1 Å². The molecule has 0 aliphatic rings. The van der Waals surface area contributed by atoms with Gasteiger partial charge in [-0.05, 0) is 66.8 Å². The summed E-state index contributed by atoms with van der Waals surface area (Å²) in [6, 6.07) is 27.1. The Bertz CT molecular complexity index is 1560. The number of hydrogen-bond donors (Lipinski definition) is 4. The van der Waals surface area contributed by atoms with Gasteiger partial charge in [-0.1, -0.05) is 66.7 Å². The summed E-state index contributed by atoms with van der Waals surface area (Å²) in [5, 5.41) is 5.98. The van der Waals surface area contributed by atoms with Crippen molar-refractivity contribution >= 4 is 17.7 Å². The number of rotatable bonds is 14. The van der Waals surface area contributed by atoms with Crippen LogP contribution in [0, 0.1) is 6.92 Å². The Kier molecular flexibility index (Phi) is 11.2. The minimum Gasteiger partial charge on any atom is -0.494 e. The van der Waals surface area contributed by atoms with E-state index in [-0.39, 0.29) is 17.4 Å². The van der Waals surface area contributed by atoms with Crippen LogP contribution in [-0.4, -0.2) is 35.4 Å². The van der Waals surface area contributed by atoms with Crippen LogP contribution in [0.1, 0.15) is 56.8 Å². The molecule has 0 spiro atoms. The molecule has 4 aromatic rings. The van der Waals surface area contributed by atoms with Crippen LogP contribution in [0.25, 0.3) is 0 Å². The van der Waals surface area contributed by atoms with Gasteiger partial charge in [0, 0.05) is 19.5 Å². The normalized spacial score (nSPS) is 12.2. The van der Waals surface area contributed by atoms with Gasteiger partial charge in [0.2, 0.25) is 11.8 Å². The largest absolute Gasteiger partial charge is 0.494 e. The molecule has 0 aliphatic heterocycles. The van der Waals surface area contributed by atoms with Gasteiger partial charge in [0.25, 0.3) is 5.91 Å². The van der Waals surface area contributed by atoms with Crippen LogP contribution in [0.15, 0.2) is 91.0 Å². The number of primary amides is 1. The number of benzene rings is 3. The van der Waals surface area contributed by atoms with Gasteiger partial charge in [0.15, 0.2) is 0 Å². The van der Waals surface area contributed by atoms with Gasteiger partial charge in [0.05, 0.1) is 29.5 Å². The van der Waals surface area contributed by atoms with Crippen molar-refractivity contribution in [3.05, 3.63) is 130 Å². The Labute approximate surface area is 258 Å². The number of aryl methyl sites for hydroxylation is 1. The van der Waals surface area contributed by atoms with Gasteiger partial charge < -0.3 is 26.8 Å².